The molecular formula is C23H19BrF3N5O4S2. The number of aliphatic hydroxyl groups excluding tert-OH is 2. The number of thioether (sulfide) groups is 1. The third kappa shape index (κ3) is 5.78. The number of pyridine rings is 1. The van der Waals surface area contributed by atoms with E-state index in [0.29, 0.717) is 5.69 Å². The van der Waals surface area contributed by atoms with Crippen LogP contribution in [0.3, 0.4) is 0 Å². The zero-order valence-corrected chi connectivity index (χ0v) is 22.4. The number of ether oxygens (including phenoxy) is 2. The first-order valence-corrected chi connectivity index (χ1v) is 13.7. The average Bonchev–Trinajstić information content (AvgIpc) is 3.59. The zero-order valence-electron chi connectivity index (χ0n) is 19.2. The maximum Gasteiger partial charge on any atom is 0.194 e. The Morgan fingerprint density at radius 1 is 1.18 bits per heavy atom. The van der Waals surface area contributed by atoms with Crippen molar-refractivity contribution in [3.05, 3.63) is 75.3 Å². The molecule has 0 radical (unpaired) electrons. The normalized spacial score (nSPS) is 23.6. The molecular weight excluding hydrogens is 611 g/mol. The molecule has 4 aromatic rings. The van der Waals surface area contributed by atoms with Gasteiger partial charge >= 0.3 is 0 Å². The first kappa shape index (κ1) is 27.2. The van der Waals surface area contributed by atoms with Gasteiger partial charge in [0.2, 0.25) is 0 Å². The second kappa shape index (κ2) is 11.8. The predicted octanol–water partition coefficient (Wildman–Crippen LogP) is 3.97. The van der Waals surface area contributed by atoms with E-state index in [-0.39, 0.29) is 17.9 Å². The maximum atomic E-state index is 13.8. The molecule has 2 N–H and O–H groups in total. The number of halogens is 4. The van der Waals surface area contributed by atoms with Crippen LogP contribution in [-0.2, 0) is 16.1 Å². The van der Waals surface area contributed by atoms with Gasteiger partial charge in [0.05, 0.1) is 30.6 Å². The summed E-state index contributed by atoms with van der Waals surface area (Å²) in [6, 6.07) is 2.50. The molecule has 200 valence electrons. The Hall–Kier alpha value is -2.40. The van der Waals surface area contributed by atoms with E-state index in [4.69, 9.17) is 9.47 Å². The van der Waals surface area contributed by atoms with Gasteiger partial charge in [-0.05, 0) is 34.1 Å². The summed E-state index contributed by atoms with van der Waals surface area (Å²) in [5.41, 5.74) is 1.58. The number of aromatic nitrogens is 5. The maximum absolute atomic E-state index is 13.8. The lowest BCUT2D eigenvalue weighted by molar-refractivity contribution is -0.196. The second-order valence-corrected chi connectivity index (χ2v) is 11.1. The second-order valence-electron chi connectivity index (χ2n) is 8.26. The lowest BCUT2D eigenvalue weighted by atomic mass is 9.97. The molecule has 1 aromatic carbocycles. The molecule has 5 atom stereocenters. The first-order valence-electron chi connectivity index (χ1n) is 11.1. The van der Waals surface area contributed by atoms with Crippen molar-refractivity contribution in [3.8, 4) is 11.3 Å². The molecule has 15 heteroatoms. The topological polar surface area (TPSA) is 115 Å². The van der Waals surface area contributed by atoms with Crippen LogP contribution in [0.25, 0.3) is 11.3 Å². The predicted molar refractivity (Wildman–Crippen MR) is 135 cm³/mol. The highest BCUT2D eigenvalue weighted by molar-refractivity contribution is 9.10. The van der Waals surface area contributed by atoms with Crippen molar-refractivity contribution in [2.75, 3.05) is 6.61 Å². The largest absolute Gasteiger partial charge is 0.394 e. The molecule has 38 heavy (non-hydrogen) atoms. The van der Waals surface area contributed by atoms with E-state index in [1.165, 1.54) is 34.0 Å². The summed E-state index contributed by atoms with van der Waals surface area (Å²) in [5.74, 6) is -4.33. The Morgan fingerprint density at radius 3 is 2.66 bits per heavy atom. The Morgan fingerprint density at radius 2 is 1.97 bits per heavy atom. The zero-order chi connectivity index (χ0) is 26.8. The van der Waals surface area contributed by atoms with Crippen LogP contribution in [0.4, 0.5) is 13.2 Å². The number of hydrogen-bond acceptors (Lipinski definition) is 10. The van der Waals surface area contributed by atoms with Crippen molar-refractivity contribution in [3.63, 3.8) is 0 Å². The number of benzene rings is 1. The summed E-state index contributed by atoms with van der Waals surface area (Å²) in [7, 11) is 0. The van der Waals surface area contributed by atoms with Crippen molar-refractivity contribution in [1.82, 2.24) is 25.0 Å². The highest BCUT2D eigenvalue weighted by Gasteiger charge is 2.48. The molecule has 0 bridgehead atoms. The molecule has 3 aromatic heterocycles. The fourth-order valence-electron chi connectivity index (χ4n) is 3.97. The van der Waals surface area contributed by atoms with Gasteiger partial charge in [0, 0.05) is 32.7 Å². The van der Waals surface area contributed by atoms with Crippen molar-refractivity contribution in [1.29, 1.82) is 0 Å². The molecule has 1 saturated heterocycles. The lowest BCUT2D eigenvalue weighted by Gasteiger charge is -2.43. The Labute approximate surface area is 230 Å². The van der Waals surface area contributed by atoms with Gasteiger partial charge in [-0.2, -0.15) is 0 Å². The third-order valence-corrected chi connectivity index (χ3v) is 7.94. The SMILES string of the molecule is OCC1OC(Sc2cncc(Br)c2)C(OCc2cscn2)C(n2cc(-c3cc(F)c(F)c(F)c3)nn2)C1O. The van der Waals surface area contributed by atoms with Gasteiger partial charge in [-0.15, -0.1) is 16.4 Å². The van der Waals surface area contributed by atoms with Crippen molar-refractivity contribution >= 4 is 39.0 Å². The number of hydrogen-bond donors (Lipinski definition) is 2. The summed E-state index contributed by atoms with van der Waals surface area (Å²) >= 11 is 6.06. The van der Waals surface area contributed by atoms with Crippen LogP contribution in [0.1, 0.15) is 11.7 Å². The summed E-state index contributed by atoms with van der Waals surface area (Å²) < 4.78 is 55.4. The lowest BCUT2D eigenvalue weighted by Crippen LogP contribution is -2.55. The van der Waals surface area contributed by atoms with Gasteiger partial charge < -0.3 is 19.7 Å². The molecule has 0 spiro atoms. The average molecular weight is 630 g/mol. The summed E-state index contributed by atoms with van der Waals surface area (Å²) in [6.07, 6.45) is 1.47. The fourth-order valence-corrected chi connectivity index (χ4v) is 6.19. The highest BCUT2D eigenvalue weighted by atomic mass is 79.9. The summed E-state index contributed by atoms with van der Waals surface area (Å²) in [6.45, 7) is -0.408. The van der Waals surface area contributed by atoms with Crippen LogP contribution >= 0.6 is 39.0 Å². The minimum atomic E-state index is -1.59. The van der Waals surface area contributed by atoms with E-state index in [2.05, 4.69) is 36.2 Å². The Kier molecular flexibility index (Phi) is 8.42. The standard InChI is InChI=1S/C23H19BrF3N5O4S2/c24-12-3-14(5-28-4-12)38-23-22(35-8-13-9-37-10-29-13)20(21(34)18(7-33)36-23)32-6-17(30-31-32)11-1-15(25)19(27)16(26)2-11/h1-6,9-10,18,20-23,33-34H,7-8H2. The van der Waals surface area contributed by atoms with Crippen LogP contribution in [0.2, 0.25) is 0 Å². The van der Waals surface area contributed by atoms with E-state index in [1.807, 2.05) is 11.4 Å². The molecule has 4 heterocycles. The van der Waals surface area contributed by atoms with Crippen molar-refractivity contribution in [2.45, 2.75) is 41.3 Å². The van der Waals surface area contributed by atoms with Crippen LogP contribution < -0.4 is 0 Å². The van der Waals surface area contributed by atoms with E-state index in [9.17, 15) is 23.4 Å². The molecule has 1 fully saturated rings. The number of nitrogens with zero attached hydrogens (tertiary/aromatic N) is 5. The van der Waals surface area contributed by atoms with E-state index in [0.717, 1.165) is 21.5 Å². The first-order chi connectivity index (χ1) is 18.3. The van der Waals surface area contributed by atoms with Gasteiger partial charge in [0.15, 0.2) is 17.5 Å². The van der Waals surface area contributed by atoms with Crippen LogP contribution in [-0.4, -0.2) is 65.5 Å². The van der Waals surface area contributed by atoms with Gasteiger partial charge in [-0.3, -0.25) is 4.98 Å². The van der Waals surface area contributed by atoms with Gasteiger partial charge in [0.1, 0.15) is 35.5 Å². The molecule has 5 unspecified atom stereocenters. The van der Waals surface area contributed by atoms with Crippen molar-refractivity contribution in [2.24, 2.45) is 0 Å². The van der Waals surface area contributed by atoms with Crippen molar-refractivity contribution < 1.29 is 32.9 Å². The van der Waals surface area contributed by atoms with E-state index in [1.54, 1.807) is 17.9 Å². The molecule has 1 aliphatic rings. The fraction of sp³-hybridized carbons (Fsp3) is 0.304. The molecule has 0 aliphatic carbocycles. The van der Waals surface area contributed by atoms with E-state index >= 15 is 0 Å². The Bertz CT molecular complexity index is 1380. The van der Waals surface area contributed by atoms with Gasteiger partial charge in [-0.25, -0.2) is 22.8 Å². The Balaban J connectivity index is 1.51. The van der Waals surface area contributed by atoms with Crippen LogP contribution in [0.5, 0.6) is 0 Å². The smallest absolute Gasteiger partial charge is 0.194 e. The van der Waals surface area contributed by atoms with Crippen LogP contribution in [0, 0.1) is 17.5 Å². The number of aliphatic hydroxyl groups is 2. The molecule has 1 aliphatic heterocycles. The minimum Gasteiger partial charge on any atom is -0.394 e. The molecule has 0 amide bonds. The monoisotopic (exact) mass is 629 g/mol. The summed E-state index contributed by atoms with van der Waals surface area (Å²) in [4.78, 5) is 9.12. The van der Waals surface area contributed by atoms with Crippen LogP contribution in [0.15, 0.2) is 57.0 Å². The third-order valence-electron chi connectivity index (χ3n) is 5.76. The number of rotatable bonds is 8. The quantitative estimate of drug-likeness (QED) is 0.279. The van der Waals surface area contributed by atoms with Gasteiger partial charge in [0.25, 0.3) is 0 Å². The molecule has 9 nitrogen and oxygen atoms in total. The molecule has 0 saturated carbocycles. The summed E-state index contributed by atoms with van der Waals surface area (Å²) in [5, 5.41) is 31.0. The van der Waals surface area contributed by atoms with Gasteiger partial charge in [-0.1, -0.05) is 17.0 Å². The van der Waals surface area contributed by atoms with E-state index < -0.39 is 53.8 Å². The number of thiazole rings is 1. The highest BCUT2D eigenvalue weighted by Crippen LogP contribution is 2.40. The molecule has 5 rings (SSSR count). The minimum absolute atomic E-state index is 0.0423.